The van der Waals surface area contributed by atoms with Crippen LogP contribution in [-0.2, 0) is 11.4 Å². The number of hydrogen-bond acceptors (Lipinski definition) is 4. The van der Waals surface area contributed by atoms with E-state index in [1.165, 1.54) is 11.9 Å². The van der Waals surface area contributed by atoms with Crippen LogP contribution in [0.5, 0.6) is 0 Å². The second-order valence-electron chi connectivity index (χ2n) is 4.45. The quantitative estimate of drug-likeness (QED) is 0.653. The SMILES string of the molecule is CC(=O)Nc1ccc(N(N=O)c2ccc(CO)cc2)cc1. The molecule has 0 radical (unpaired) electrons. The van der Waals surface area contributed by atoms with Gasteiger partial charge in [-0.3, -0.25) is 4.79 Å². The molecule has 0 bridgehead atoms. The molecule has 0 aliphatic heterocycles. The van der Waals surface area contributed by atoms with E-state index in [1.807, 2.05) is 0 Å². The molecule has 0 fully saturated rings. The molecule has 0 spiro atoms. The Hall–Kier alpha value is -2.73. The second kappa shape index (κ2) is 6.62. The fraction of sp³-hybridized carbons (Fsp3) is 0.133. The van der Waals surface area contributed by atoms with Crippen LogP contribution in [-0.4, -0.2) is 11.0 Å². The minimum atomic E-state index is -0.160. The first-order valence-electron chi connectivity index (χ1n) is 6.35. The third-order valence-electron chi connectivity index (χ3n) is 2.88. The van der Waals surface area contributed by atoms with Crippen LogP contribution in [0.2, 0.25) is 0 Å². The van der Waals surface area contributed by atoms with Crippen molar-refractivity contribution in [3.05, 3.63) is 59.0 Å². The molecule has 0 saturated carbocycles. The molecule has 0 atom stereocenters. The summed E-state index contributed by atoms with van der Waals surface area (Å²) in [5.74, 6) is -0.160. The highest BCUT2D eigenvalue weighted by Crippen LogP contribution is 2.27. The number of anilines is 3. The topological polar surface area (TPSA) is 82.0 Å². The number of nitroso groups, excluding NO2 is 1. The molecule has 2 N–H and O–H groups in total. The maximum absolute atomic E-state index is 11.1. The largest absolute Gasteiger partial charge is 0.392 e. The molecule has 0 unspecified atom stereocenters. The molecule has 0 aromatic heterocycles. The van der Waals surface area contributed by atoms with Gasteiger partial charge in [-0.2, -0.15) is 5.01 Å². The Morgan fingerprint density at radius 3 is 2.05 bits per heavy atom. The van der Waals surface area contributed by atoms with Crippen molar-refractivity contribution in [3.63, 3.8) is 0 Å². The van der Waals surface area contributed by atoms with E-state index in [-0.39, 0.29) is 12.5 Å². The van der Waals surface area contributed by atoms with Crippen molar-refractivity contribution in [2.24, 2.45) is 5.29 Å². The maximum atomic E-state index is 11.1. The fourth-order valence-electron chi connectivity index (χ4n) is 1.88. The van der Waals surface area contributed by atoms with Crippen LogP contribution in [0.15, 0.2) is 53.8 Å². The average molecular weight is 285 g/mol. The van der Waals surface area contributed by atoms with E-state index < -0.39 is 0 Å². The maximum Gasteiger partial charge on any atom is 0.221 e. The van der Waals surface area contributed by atoms with Crippen molar-refractivity contribution in [1.82, 2.24) is 0 Å². The first kappa shape index (κ1) is 14.7. The van der Waals surface area contributed by atoms with E-state index >= 15 is 0 Å². The van der Waals surface area contributed by atoms with Gasteiger partial charge in [0.2, 0.25) is 5.91 Å². The number of nitrogens with one attached hydrogen (secondary N) is 1. The van der Waals surface area contributed by atoms with Gasteiger partial charge in [-0.25, -0.2) is 0 Å². The van der Waals surface area contributed by atoms with Crippen molar-refractivity contribution in [1.29, 1.82) is 0 Å². The Bertz CT molecular complexity index is 624. The summed E-state index contributed by atoms with van der Waals surface area (Å²) in [6.07, 6.45) is 0. The smallest absolute Gasteiger partial charge is 0.221 e. The summed E-state index contributed by atoms with van der Waals surface area (Å²) in [5, 5.41) is 15.9. The molecule has 2 aromatic rings. The first-order valence-corrected chi connectivity index (χ1v) is 6.35. The van der Waals surface area contributed by atoms with Crippen molar-refractivity contribution in [3.8, 4) is 0 Å². The van der Waals surface area contributed by atoms with Gasteiger partial charge in [0.05, 0.1) is 23.3 Å². The number of carbonyl (C=O) groups is 1. The van der Waals surface area contributed by atoms with Gasteiger partial charge in [-0.05, 0) is 42.0 Å². The van der Waals surface area contributed by atoms with Crippen molar-refractivity contribution in [2.75, 3.05) is 10.3 Å². The first-order chi connectivity index (χ1) is 10.1. The summed E-state index contributed by atoms with van der Waals surface area (Å²) in [6.45, 7) is 1.37. The van der Waals surface area contributed by atoms with Gasteiger partial charge in [0, 0.05) is 12.6 Å². The Morgan fingerprint density at radius 2 is 1.62 bits per heavy atom. The Kier molecular flexibility index (Phi) is 4.63. The van der Waals surface area contributed by atoms with E-state index in [2.05, 4.69) is 10.6 Å². The molecule has 21 heavy (non-hydrogen) atoms. The summed E-state index contributed by atoms with van der Waals surface area (Å²) in [4.78, 5) is 22.0. The molecule has 6 nitrogen and oxygen atoms in total. The number of hydrogen-bond donors (Lipinski definition) is 2. The second-order valence-corrected chi connectivity index (χ2v) is 4.45. The van der Waals surface area contributed by atoms with Crippen molar-refractivity contribution >= 4 is 23.0 Å². The van der Waals surface area contributed by atoms with Gasteiger partial charge in [-0.15, -0.1) is 4.91 Å². The number of aliphatic hydroxyl groups is 1. The van der Waals surface area contributed by atoms with Gasteiger partial charge < -0.3 is 10.4 Å². The third kappa shape index (κ3) is 3.64. The lowest BCUT2D eigenvalue weighted by Gasteiger charge is -2.16. The van der Waals surface area contributed by atoms with Crippen LogP contribution >= 0.6 is 0 Å². The highest BCUT2D eigenvalue weighted by Gasteiger charge is 2.09. The lowest BCUT2D eigenvalue weighted by atomic mass is 10.2. The summed E-state index contributed by atoms with van der Waals surface area (Å²) >= 11 is 0. The van der Waals surface area contributed by atoms with E-state index in [1.54, 1.807) is 48.5 Å². The van der Waals surface area contributed by atoms with Crippen LogP contribution in [0, 0.1) is 4.91 Å². The van der Waals surface area contributed by atoms with Crippen LogP contribution in [0.3, 0.4) is 0 Å². The molecule has 108 valence electrons. The van der Waals surface area contributed by atoms with Crippen molar-refractivity contribution in [2.45, 2.75) is 13.5 Å². The molecule has 1 amide bonds. The number of benzene rings is 2. The van der Waals surface area contributed by atoms with E-state index in [0.29, 0.717) is 17.1 Å². The molecule has 2 rings (SSSR count). The van der Waals surface area contributed by atoms with Gasteiger partial charge in [-0.1, -0.05) is 12.1 Å². The lowest BCUT2D eigenvalue weighted by Crippen LogP contribution is -2.09. The molecule has 2 aromatic carbocycles. The van der Waals surface area contributed by atoms with E-state index in [9.17, 15) is 9.70 Å². The Balaban J connectivity index is 2.23. The Morgan fingerprint density at radius 1 is 1.10 bits per heavy atom. The van der Waals surface area contributed by atoms with Gasteiger partial charge in [0.15, 0.2) is 0 Å². The molecule has 0 heterocycles. The zero-order valence-electron chi connectivity index (χ0n) is 11.5. The minimum absolute atomic E-state index is 0.0553. The molecule has 0 aliphatic rings. The highest BCUT2D eigenvalue weighted by molar-refractivity contribution is 5.88. The third-order valence-corrected chi connectivity index (χ3v) is 2.88. The van der Waals surface area contributed by atoms with Gasteiger partial charge in [0.1, 0.15) is 0 Å². The number of nitrogens with zero attached hydrogens (tertiary/aromatic N) is 2. The zero-order chi connectivity index (χ0) is 15.2. The van der Waals surface area contributed by atoms with E-state index in [0.717, 1.165) is 5.56 Å². The summed E-state index contributed by atoms with van der Waals surface area (Å²) < 4.78 is 0. The molecular weight excluding hydrogens is 270 g/mol. The number of carbonyl (C=O) groups excluding carboxylic acids is 1. The molecule has 6 heteroatoms. The van der Waals surface area contributed by atoms with Crippen molar-refractivity contribution < 1.29 is 9.90 Å². The van der Waals surface area contributed by atoms with Crippen LogP contribution in [0.1, 0.15) is 12.5 Å². The normalized spacial score (nSPS) is 10.0. The predicted octanol–water partition coefficient (Wildman–Crippen LogP) is 2.96. The fourth-order valence-corrected chi connectivity index (χ4v) is 1.88. The number of rotatable bonds is 5. The molecule has 0 saturated heterocycles. The van der Waals surface area contributed by atoms with Crippen LogP contribution in [0.25, 0.3) is 0 Å². The van der Waals surface area contributed by atoms with E-state index in [4.69, 9.17) is 5.11 Å². The number of amides is 1. The van der Waals surface area contributed by atoms with Gasteiger partial charge >= 0.3 is 0 Å². The van der Waals surface area contributed by atoms with Crippen LogP contribution in [0.4, 0.5) is 17.1 Å². The summed E-state index contributed by atoms with van der Waals surface area (Å²) in [7, 11) is 0. The highest BCUT2D eigenvalue weighted by atomic mass is 16.3. The predicted molar refractivity (Wildman–Crippen MR) is 81.0 cm³/mol. The average Bonchev–Trinajstić information content (AvgIpc) is 2.50. The monoisotopic (exact) mass is 285 g/mol. The lowest BCUT2D eigenvalue weighted by molar-refractivity contribution is -0.114. The zero-order valence-corrected chi connectivity index (χ0v) is 11.5. The van der Waals surface area contributed by atoms with Gasteiger partial charge in [0.25, 0.3) is 0 Å². The Labute approximate surface area is 122 Å². The number of aliphatic hydroxyl groups excluding tert-OH is 1. The molecule has 0 aliphatic carbocycles. The summed E-state index contributed by atoms with van der Waals surface area (Å²) in [6, 6.07) is 13.6. The molecular formula is C15H15N3O3. The minimum Gasteiger partial charge on any atom is -0.392 e. The summed E-state index contributed by atoms with van der Waals surface area (Å²) in [5.41, 5.74) is 2.57. The van der Waals surface area contributed by atoms with Crippen LogP contribution < -0.4 is 10.3 Å². The standard InChI is InChI=1S/C15H15N3O3/c1-11(20)16-13-4-8-15(9-5-13)18(17-21)14-6-2-12(10-19)3-7-14/h2-9,19H,10H2,1H3,(H,16,20).